The fraction of sp³-hybridized carbons (Fsp3) is 0.667. The molecule has 1 atom stereocenters. The number of hydrogen-bond acceptors (Lipinski definition) is 4. The highest BCUT2D eigenvalue weighted by atomic mass is 16.2. The van der Waals surface area contributed by atoms with E-state index in [4.69, 9.17) is 0 Å². The zero-order valence-corrected chi connectivity index (χ0v) is 13.6. The quantitative estimate of drug-likeness (QED) is 0.780. The molecule has 1 unspecified atom stereocenters. The molecule has 0 spiro atoms. The van der Waals surface area contributed by atoms with Crippen molar-refractivity contribution in [1.29, 1.82) is 0 Å². The van der Waals surface area contributed by atoms with E-state index in [1.54, 1.807) is 7.05 Å². The first-order valence-electron chi connectivity index (χ1n) is 8.00. The molecule has 8 nitrogen and oxygen atoms in total. The standard InChI is InChI=1S/C15H23N5O3/c1-17-12(8-13(21)18(2)15(17)23)10-19-6-3-4-11(9-19)20-7-5-16-14(20)22/h8,11H,3-7,9-10H2,1-2H3,(H,16,22). The van der Waals surface area contributed by atoms with Gasteiger partial charge in [0.15, 0.2) is 0 Å². The summed E-state index contributed by atoms with van der Waals surface area (Å²) in [5.41, 5.74) is 0.125. The van der Waals surface area contributed by atoms with Gasteiger partial charge in [0, 0.05) is 58.1 Å². The molecule has 1 aromatic heterocycles. The zero-order chi connectivity index (χ0) is 16.6. The molecular formula is C15H23N5O3. The van der Waals surface area contributed by atoms with Crippen LogP contribution in [0.15, 0.2) is 15.7 Å². The summed E-state index contributed by atoms with van der Waals surface area (Å²) in [6.45, 7) is 3.69. The molecule has 126 valence electrons. The van der Waals surface area contributed by atoms with Crippen LogP contribution >= 0.6 is 0 Å². The second kappa shape index (κ2) is 6.19. The largest absolute Gasteiger partial charge is 0.336 e. The Kier molecular flexibility index (Phi) is 4.25. The van der Waals surface area contributed by atoms with Gasteiger partial charge in [-0.3, -0.25) is 18.8 Å². The lowest BCUT2D eigenvalue weighted by Crippen LogP contribution is -2.49. The number of carbonyl (C=O) groups excluding carboxylic acids is 1. The SMILES string of the molecule is Cn1c(CN2CCCC(N3CCNC3=O)C2)cc(=O)n(C)c1=O. The van der Waals surface area contributed by atoms with Crippen LogP contribution in [0.5, 0.6) is 0 Å². The van der Waals surface area contributed by atoms with Crippen LogP contribution in [0, 0.1) is 0 Å². The highest BCUT2D eigenvalue weighted by Gasteiger charge is 2.31. The number of nitrogens with one attached hydrogen (secondary N) is 1. The summed E-state index contributed by atoms with van der Waals surface area (Å²) in [5, 5.41) is 2.84. The van der Waals surface area contributed by atoms with Crippen LogP contribution in [0.2, 0.25) is 0 Å². The smallest absolute Gasteiger partial charge is 0.330 e. The fourth-order valence-electron chi connectivity index (χ4n) is 3.42. The number of hydrogen-bond donors (Lipinski definition) is 1. The molecule has 2 amide bonds. The van der Waals surface area contributed by atoms with Crippen molar-refractivity contribution in [3.63, 3.8) is 0 Å². The molecule has 2 aliphatic heterocycles. The molecule has 8 heteroatoms. The molecule has 0 aromatic carbocycles. The molecule has 1 aromatic rings. The summed E-state index contributed by atoms with van der Waals surface area (Å²) in [4.78, 5) is 39.8. The van der Waals surface area contributed by atoms with E-state index in [9.17, 15) is 14.4 Å². The Morgan fingerprint density at radius 3 is 2.65 bits per heavy atom. The van der Waals surface area contributed by atoms with E-state index in [0.717, 1.165) is 37.0 Å². The van der Waals surface area contributed by atoms with Crippen LogP contribution in [-0.4, -0.2) is 57.2 Å². The number of carbonyl (C=O) groups is 1. The number of amides is 2. The number of nitrogens with zero attached hydrogens (tertiary/aromatic N) is 4. The zero-order valence-electron chi connectivity index (χ0n) is 13.6. The predicted molar refractivity (Wildman–Crippen MR) is 85.3 cm³/mol. The molecule has 3 rings (SSSR count). The summed E-state index contributed by atoms with van der Waals surface area (Å²) in [5.74, 6) is 0. The Morgan fingerprint density at radius 1 is 1.17 bits per heavy atom. The van der Waals surface area contributed by atoms with E-state index in [1.807, 2.05) is 4.90 Å². The Balaban J connectivity index is 1.74. The van der Waals surface area contributed by atoms with Gasteiger partial charge in [-0.05, 0) is 19.4 Å². The van der Waals surface area contributed by atoms with Gasteiger partial charge in [-0.1, -0.05) is 0 Å². The Morgan fingerprint density at radius 2 is 1.96 bits per heavy atom. The van der Waals surface area contributed by atoms with Gasteiger partial charge in [-0.15, -0.1) is 0 Å². The van der Waals surface area contributed by atoms with Crippen LogP contribution < -0.4 is 16.6 Å². The van der Waals surface area contributed by atoms with Crippen LogP contribution in [0.3, 0.4) is 0 Å². The van der Waals surface area contributed by atoms with Crippen LogP contribution in [0.4, 0.5) is 4.79 Å². The van der Waals surface area contributed by atoms with E-state index in [0.29, 0.717) is 18.8 Å². The van der Waals surface area contributed by atoms with Crippen molar-refractivity contribution in [2.45, 2.75) is 25.4 Å². The van der Waals surface area contributed by atoms with Crippen molar-refractivity contribution in [1.82, 2.24) is 24.3 Å². The lowest BCUT2D eigenvalue weighted by molar-refractivity contribution is 0.120. The molecule has 2 aliphatic rings. The molecule has 0 aliphatic carbocycles. The highest BCUT2D eigenvalue weighted by Crippen LogP contribution is 2.18. The molecule has 23 heavy (non-hydrogen) atoms. The van der Waals surface area contributed by atoms with Gasteiger partial charge in [0.05, 0.1) is 0 Å². The summed E-state index contributed by atoms with van der Waals surface area (Å²) in [7, 11) is 3.17. The third-order valence-electron chi connectivity index (χ3n) is 4.82. The van der Waals surface area contributed by atoms with Gasteiger partial charge in [-0.2, -0.15) is 0 Å². The molecule has 0 bridgehead atoms. The summed E-state index contributed by atoms with van der Waals surface area (Å²) in [6, 6.07) is 1.74. The minimum atomic E-state index is -0.306. The monoisotopic (exact) mass is 321 g/mol. The van der Waals surface area contributed by atoms with E-state index < -0.39 is 0 Å². The molecule has 2 fully saturated rings. The lowest BCUT2D eigenvalue weighted by atomic mass is 10.0. The van der Waals surface area contributed by atoms with Crippen molar-refractivity contribution < 1.29 is 4.79 Å². The topological polar surface area (TPSA) is 79.6 Å². The van der Waals surface area contributed by atoms with Gasteiger partial charge < -0.3 is 10.2 Å². The first-order valence-corrected chi connectivity index (χ1v) is 8.00. The van der Waals surface area contributed by atoms with Crippen molar-refractivity contribution >= 4 is 6.03 Å². The number of urea groups is 1. The van der Waals surface area contributed by atoms with E-state index >= 15 is 0 Å². The first-order chi connectivity index (χ1) is 11.0. The summed E-state index contributed by atoms with van der Waals surface area (Å²) < 4.78 is 2.63. The Bertz CT molecular complexity index is 723. The Hall–Kier alpha value is -2.09. The normalized spacial score (nSPS) is 22.4. The van der Waals surface area contributed by atoms with Gasteiger partial charge in [0.2, 0.25) is 0 Å². The predicted octanol–water partition coefficient (Wildman–Crippen LogP) is -0.926. The summed E-state index contributed by atoms with van der Waals surface area (Å²) >= 11 is 0. The van der Waals surface area contributed by atoms with Gasteiger partial charge in [0.1, 0.15) is 0 Å². The van der Waals surface area contributed by atoms with E-state index in [1.165, 1.54) is 17.7 Å². The van der Waals surface area contributed by atoms with Crippen molar-refractivity contribution in [2.75, 3.05) is 26.2 Å². The minimum Gasteiger partial charge on any atom is -0.336 e. The van der Waals surface area contributed by atoms with Crippen molar-refractivity contribution in [3.05, 3.63) is 32.6 Å². The maximum atomic E-state index is 12.0. The van der Waals surface area contributed by atoms with Crippen molar-refractivity contribution in [2.24, 2.45) is 14.1 Å². The third kappa shape index (κ3) is 3.03. The highest BCUT2D eigenvalue weighted by molar-refractivity contribution is 5.76. The van der Waals surface area contributed by atoms with Gasteiger partial charge in [-0.25, -0.2) is 9.59 Å². The maximum Gasteiger partial charge on any atom is 0.330 e. The Labute approximate surface area is 134 Å². The van der Waals surface area contributed by atoms with Crippen LogP contribution in [0.1, 0.15) is 18.5 Å². The second-order valence-electron chi connectivity index (χ2n) is 6.33. The second-order valence-corrected chi connectivity index (χ2v) is 6.33. The molecule has 3 heterocycles. The average Bonchev–Trinajstić information content (AvgIpc) is 2.97. The first kappa shape index (κ1) is 15.8. The number of aromatic nitrogens is 2. The average molecular weight is 321 g/mol. The molecule has 1 N–H and O–H groups in total. The third-order valence-corrected chi connectivity index (χ3v) is 4.82. The summed E-state index contributed by atoms with van der Waals surface area (Å²) in [6.07, 6.45) is 2.01. The van der Waals surface area contributed by atoms with Gasteiger partial charge in [0.25, 0.3) is 5.56 Å². The number of piperidine rings is 1. The minimum absolute atomic E-state index is 0.0119. The fourth-order valence-corrected chi connectivity index (χ4v) is 3.42. The van der Waals surface area contributed by atoms with Gasteiger partial charge >= 0.3 is 11.7 Å². The van der Waals surface area contributed by atoms with E-state index in [2.05, 4.69) is 10.2 Å². The van der Waals surface area contributed by atoms with E-state index in [-0.39, 0.29) is 23.3 Å². The maximum absolute atomic E-state index is 12.0. The number of likely N-dealkylation sites (tertiary alicyclic amines) is 1. The van der Waals surface area contributed by atoms with Crippen LogP contribution in [-0.2, 0) is 20.6 Å². The van der Waals surface area contributed by atoms with Crippen molar-refractivity contribution in [3.8, 4) is 0 Å². The van der Waals surface area contributed by atoms with Crippen LogP contribution in [0.25, 0.3) is 0 Å². The number of rotatable bonds is 3. The molecule has 0 saturated carbocycles. The molecular weight excluding hydrogens is 298 g/mol. The lowest BCUT2D eigenvalue weighted by Gasteiger charge is -2.37. The molecule has 2 saturated heterocycles. The molecule has 0 radical (unpaired) electrons.